The summed E-state index contributed by atoms with van der Waals surface area (Å²) in [6, 6.07) is 11.7. The molecule has 2 fully saturated rings. The molecule has 0 spiro atoms. The Morgan fingerprint density at radius 2 is 2.00 bits per heavy atom. The maximum Gasteiger partial charge on any atom is 0.0102 e. The van der Waals surface area contributed by atoms with Gasteiger partial charge in [0.2, 0.25) is 0 Å². The minimum Gasteiger partial charge on any atom is -0.313 e. The zero-order valence-electron chi connectivity index (χ0n) is 9.86. The Balaban J connectivity index is 1.56. The number of nitrogens with one attached hydrogen (secondary N) is 1. The third kappa shape index (κ3) is 2.01. The van der Waals surface area contributed by atoms with Gasteiger partial charge < -0.3 is 5.32 Å². The van der Waals surface area contributed by atoms with E-state index in [0.29, 0.717) is 0 Å². The number of hydrogen-bond donors (Lipinski definition) is 1. The second-order valence-corrected chi connectivity index (χ2v) is 5.39. The quantitative estimate of drug-likeness (QED) is 0.817. The normalized spacial score (nSPS) is 32.9. The summed E-state index contributed by atoms with van der Waals surface area (Å²) in [6.45, 7) is 1.28. The van der Waals surface area contributed by atoms with E-state index in [1.54, 1.807) is 0 Å². The molecular formula is C15H21N. The standard InChI is InChI=1S/C15H21N/c1-2-5-12(6-3-1)9-10-15-14-8-4-7-13(14)11-16-15/h1-3,5-6,13-16H,4,7-11H2. The second-order valence-electron chi connectivity index (χ2n) is 5.39. The molecule has 1 heteroatoms. The van der Waals surface area contributed by atoms with Gasteiger partial charge in [-0.05, 0) is 49.6 Å². The fourth-order valence-corrected chi connectivity index (χ4v) is 3.59. The highest BCUT2D eigenvalue weighted by atomic mass is 15.0. The maximum atomic E-state index is 3.73. The Bertz CT molecular complexity index is 333. The molecule has 1 N–H and O–H groups in total. The Labute approximate surface area is 98.3 Å². The van der Waals surface area contributed by atoms with Crippen LogP contribution in [-0.4, -0.2) is 12.6 Å². The molecule has 0 amide bonds. The second kappa shape index (κ2) is 4.58. The van der Waals surface area contributed by atoms with Crippen LogP contribution in [0.4, 0.5) is 0 Å². The van der Waals surface area contributed by atoms with Crippen molar-refractivity contribution in [2.75, 3.05) is 6.54 Å². The van der Waals surface area contributed by atoms with Crippen LogP contribution in [0.25, 0.3) is 0 Å². The average molecular weight is 215 g/mol. The summed E-state index contributed by atoms with van der Waals surface area (Å²) in [5.74, 6) is 1.99. The number of hydrogen-bond acceptors (Lipinski definition) is 1. The Morgan fingerprint density at radius 3 is 2.88 bits per heavy atom. The molecule has 1 aliphatic carbocycles. The molecule has 3 atom stereocenters. The van der Waals surface area contributed by atoms with Gasteiger partial charge in [-0.1, -0.05) is 36.8 Å². The summed E-state index contributed by atoms with van der Waals surface area (Å²) < 4.78 is 0. The lowest BCUT2D eigenvalue weighted by Gasteiger charge is -2.17. The summed E-state index contributed by atoms with van der Waals surface area (Å²) in [5.41, 5.74) is 1.49. The van der Waals surface area contributed by atoms with Gasteiger partial charge in [-0.15, -0.1) is 0 Å². The van der Waals surface area contributed by atoms with Crippen LogP contribution >= 0.6 is 0 Å². The highest BCUT2D eigenvalue weighted by molar-refractivity contribution is 5.15. The van der Waals surface area contributed by atoms with Crippen molar-refractivity contribution in [2.45, 2.75) is 38.1 Å². The summed E-state index contributed by atoms with van der Waals surface area (Å²) in [4.78, 5) is 0. The van der Waals surface area contributed by atoms with Gasteiger partial charge >= 0.3 is 0 Å². The molecule has 1 aromatic rings. The molecule has 3 rings (SSSR count). The van der Waals surface area contributed by atoms with Crippen LogP contribution in [0.5, 0.6) is 0 Å². The van der Waals surface area contributed by atoms with Crippen molar-refractivity contribution < 1.29 is 0 Å². The van der Waals surface area contributed by atoms with E-state index in [1.165, 1.54) is 44.2 Å². The van der Waals surface area contributed by atoms with E-state index in [1.807, 2.05) is 0 Å². The van der Waals surface area contributed by atoms with E-state index in [2.05, 4.69) is 35.6 Å². The summed E-state index contributed by atoms with van der Waals surface area (Å²) in [6.07, 6.45) is 6.97. The molecule has 0 radical (unpaired) electrons. The number of benzene rings is 1. The highest BCUT2D eigenvalue weighted by Crippen LogP contribution is 2.38. The van der Waals surface area contributed by atoms with E-state index in [0.717, 1.165) is 17.9 Å². The smallest absolute Gasteiger partial charge is 0.0102 e. The molecule has 16 heavy (non-hydrogen) atoms. The number of fused-ring (bicyclic) bond motifs is 1. The Kier molecular flexibility index (Phi) is 2.96. The van der Waals surface area contributed by atoms with Crippen LogP contribution in [0, 0.1) is 11.8 Å². The van der Waals surface area contributed by atoms with Crippen LogP contribution < -0.4 is 5.32 Å². The van der Waals surface area contributed by atoms with Gasteiger partial charge in [0.05, 0.1) is 0 Å². The van der Waals surface area contributed by atoms with Crippen molar-refractivity contribution in [3.8, 4) is 0 Å². The molecule has 3 unspecified atom stereocenters. The first-order valence-electron chi connectivity index (χ1n) is 6.71. The van der Waals surface area contributed by atoms with Gasteiger partial charge in [-0.25, -0.2) is 0 Å². The topological polar surface area (TPSA) is 12.0 Å². The molecule has 86 valence electrons. The molecule has 1 nitrogen and oxygen atoms in total. The van der Waals surface area contributed by atoms with Crippen molar-refractivity contribution in [1.29, 1.82) is 0 Å². The predicted molar refractivity (Wildman–Crippen MR) is 67.4 cm³/mol. The fourth-order valence-electron chi connectivity index (χ4n) is 3.59. The summed E-state index contributed by atoms with van der Waals surface area (Å²) in [7, 11) is 0. The van der Waals surface area contributed by atoms with E-state index < -0.39 is 0 Å². The van der Waals surface area contributed by atoms with Crippen LogP contribution in [0.2, 0.25) is 0 Å². The lowest BCUT2D eigenvalue weighted by molar-refractivity contribution is 0.393. The van der Waals surface area contributed by atoms with Crippen molar-refractivity contribution in [2.24, 2.45) is 11.8 Å². The number of aryl methyl sites for hydroxylation is 1. The van der Waals surface area contributed by atoms with Crippen LogP contribution in [0.1, 0.15) is 31.2 Å². The largest absolute Gasteiger partial charge is 0.313 e. The Morgan fingerprint density at radius 1 is 1.12 bits per heavy atom. The third-order valence-electron chi connectivity index (χ3n) is 4.46. The summed E-state index contributed by atoms with van der Waals surface area (Å²) >= 11 is 0. The van der Waals surface area contributed by atoms with Gasteiger partial charge in [0, 0.05) is 6.04 Å². The van der Waals surface area contributed by atoms with Gasteiger partial charge in [0.1, 0.15) is 0 Å². The maximum absolute atomic E-state index is 3.73. The lowest BCUT2D eigenvalue weighted by Crippen LogP contribution is -2.27. The minimum absolute atomic E-state index is 0.799. The SMILES string of the molecule is c1ccc(CCC2NCC3CCCC32)cc1. The van der Waals surface area contributed by atoms with Crippen molar-refractivity contribution in [3.63, 3.8) is 0 Å². The zero-order chi connectivity index (χ0) is 10.8. The van der Waals surface area contributed by atoms with Crippen LogP contribution in [0.15, 0.2) is 30.3 Å². The first-order valence-corrected chi connectivity index (χ1v) is 6.71. The molecule has 1 saturated heterocycles. The van der Waals surface area contributed by atoms with Crippen molar-refractivity contribution in [3.05, 3.63) is 35.9 Å². The lowest BCUT2D eigenvalue weighted by atomic mass is 9.90. The average Bonchev–Trinajstić information content (AvgIpc) is 2.90. The first-order chi connectivity index (χ1) is 7.93. The molecule has 1 saturated carbocycles. The molecule has 1 heterocycles. The van der Waals surface area contributed by atoms with E-state index >= 15 is 0 Å². The van der Waals surface area contributed by atoms with E-state index in [4.69, 9.17) is 0 Å². The third-order valence-corrected chi connectivity index (χ3v) is 4.46. The van der Waals surface area contributed by atoms with Gasteiger partial charge in [-0.2, -0.15) is 0 Å². The monoisotopic (exact) mass is 215 g/mol. The first kappa shape index (κ1) is 10.3. The van der Waals surface area contributed by atoms with Crippen molar-refractivity contribution in [1.82, 2.24) is 5.32 Å². The highest BCUT2D eigenvalue weighted by Gasteiger charge is 2.38. The van der Waals surface area contributed by atoms with Crippen LogP contribution in [0.3, 0.4) is 0 Å². The van der Waals surface area contributed by atoms with Crippen molar-refractivity contribution >= 4 is 0 Å². The predicted octanol–water partition coefficient (Wildman–Crippen LogP) is 3.01. The molecule has 1 aliphatic heterocycles. The Hall–Kier alpha value is -0.820. The van der Waals surface area contributed by atoms with Gasteiger partial charge in [-0.3, -0.25) is 0 Å². The molecule has 1 aromatic carbocycles. The molecular weight excluding hydrogens is 194 g/mol. The van der Waals surface area contributed by atoms with Gasteiger partial charge in [0.25, 0.3) is 0 Å². The molecule has 2 aliphatic rings. The molecule has 0 aromatic heterocycles. The van der Waals surface area contributed by atoms with E-state index in [9.17, 15) is 0 Å². The summed E-state index contributed by atoms with van der Waals surface area (Å²) in [5, 5.41) is 3.73. The van der Waals surface area contributed by atoms with E-state index in [-0.39, 0.29) is 0 Å². The minimum atomic E-state index is 0.799. The number of rotatable bonds is 3. The van der Waals surface area contributed by atoms with Crippen LogP contribution in [-0.2, 0) is 6.42 Å². The molecule has 0 bridgehead atoms. The van der Waals surface area contributed by atoms with Gasteiger partial charge in [0.15, 0.2) is 0 Å². The zero-order valence-corrected chi connectivity index (χ0v) is 9.86. The fraction of sp³-hybridized carbons (Fsp3) is 0.600.